The van der Waals surface area contributed by atoms with E-state index in [1.807, 2.05) is 6.07 Å². The molecule has 0 amide bonds. The largest absolute Gasteiger partial charge is 0.368 e. The number of hydrogen-bond donors (Lipinski definition) is 0. The highest BCUT2D eigenvalue weighted by Gasteiger charge is 2.24. The van der Waals surface area contributed by atoms with Gasteiger partial charge < -0.3 is 4.74 Å². The average molecular weight is 196 g/mol. The van der Waals surface area contributed by atoms with E-state index in [2.05, 4.69) is 48.5 Å². The molecule has 1 fully saturated rings. The van der Waals surface area contributed by atoms with E-state index in [4.69, 9.17) is 4.74 Å². The van der Waals surface area contributed by atoms with E-state index < -0.39 is 0 Å². The summed E-state index contributed by atoms with van der Waals surface area (Å²) in [4.78, 5) is 0. The fraction of sp³-hybridized carbons (Fsp3) is 0.143. The fourth-order valence-electron chi connectivity index (χ4n) is 1.79. The minimum atomic E-state index is 0.341. The third-order valence-electron chi connectivity index (χ3n) is 2.70. The van der Waals surface area contributed by atoms with Crippen molar-refractivity contribution in [3.63, 3.8) is 0 Å². The van der Waals surface area contributed by atoms with E-state index in [1.165, 1.54) is 16.7 Å². The predicted molar refractivity (Wildman–Crippen MR) is 60.6 cm³/mol. The van der Waals surface area contributed by atoms with Crippen molar-refractivity contribution in [3.05, 3.63) is 60.2 Å². The van der Waals surface area contributed by atoms with Crippen molar-refractivity contribution in [2.75, 3.05) is 6.61 Å². The molecule has 1 atom stereocenters. The molecule has 0 aromatic heterocycles. The van der Waals surface area contributed by atoms with Gasteiger partial charge in [-0.1, -0.05) is 48.5 Å². The molecule has 1 heteroatoms. The van der Waals surface area contributed by atoms with Crippen LogP contribution in [0.25, 0.3) is 11.1 Å². The van der Waals surface area contributed by atoms with Crippen molar-refractivity contribution in [1.82, 2.24) is 0 Å². The maximum atomic E-state index is 5.29. The zero-order valence-electron chi connectivity index (χ0n) is 8.39. The van der Waals surface area contributed by atoms with Crippen molar-refractivity contribution >= 4 is 0 Å². The molecule has 2 aromatic carbocycles. The lowest BCUT2D eigenvalue weighted by Crippen LogP contribution is -1.82. The Balaban J connectivity index is 2.01. The molecule has 0 spiro atoms. The molecule has 1 nitrogen and oxygen atoms in total. The van der Waals surface area contributed by atoms with Gasteiger partial charge in [0.05, 0.1) is 6.61 Å². The third-order valence-corrected chi connectivity index (χ3v) is 2.70. The second-order valence-corrected chi connectivity index (χ2v) is 3.81. The average Bonchev–Trinajstić information content (AvgIpc) is 3.14. The SMILES string of the molecule is c1ccc(-c2cccc([C@@H]3CO3)c2)cc1. The van der Waals surface area contributed by atoms with Gasteiger partial charge in [0.15, 0.2) is 0 Å². The van der Waals surface area contributed by atoms with Crippen LogP contribution in [0, 0.1) is 0 Å². The molecule has 1 saturated heterocycles. The monoisotopic (exact) mass is 196 g/mol. The van der Waals surface area contributed by atoms with Crippen molar-refractivity contribution in [2.24, 2.45) is 0 Å². The molecule has 0 saturated carbocycles. The molecule has 15 heavy (non-hydrogen) atoms. The molecule has 1 aliphatic rings. The first-order valence-electron chi connectivity index (χ1n) is 5.20. The smallest absolute Gasteiger partial charge is 0.106 e. The highest BCUT2D eigenvalue weighted by atomic mass is 16.6. The second kappa shape index (κ2) is 3.52. The van der Waals surface area contributed by atoms with E-state index in [1.54, 1.807) is 0 Å². The van der Waals surface area contributed by atoms with Gasteiger partial charge in [0.1, 0.15) is 6.10 Å². The van der Waals surface area contributed by atoms with Gasteiger partial charge in [-0.15, -0.1) is 0 Å². The van der Waals surface area contributed by atoms with E-state index in [0.29, 0.717) is 6.10 Å². The summed E-state index contributed by atoms with van der Waals surface area (Å²) in [6.07, 6.45) is 0.341. The Morgan fingerprint density at radius 2 is 1.60 bits per heavy atom. The highest BCUT2D eigenvalue weighted by molar-refractivity contribution is 5.64. The fourth-order valence-corrected chi connectivity index (χ4v) is 1.79. The minimum Gasteiger partial charge on any atom is -0.368 e. The zero-order valence-corrected chi connectivity index (χ0v) is 8.39. The van der Waals surface area contributed by atoms with Gasteiger partial charge in [-0.2, -0.15) is 0 Å². The number of ether oxygens (including phenoxy) is 1. The molecule has 1 aliphatic heterocycles. The Hall–Kier alpha value is -1.60. The number of epoxide rings is 1. The van der Waals surface area contributed by atoms with Crippen LogP contribution in [0.5, 0.6) is 0 Å². The molecular weight excluding hydrogens is 184 g/mol. The molecule has 0 bridgehead atoms. The normalized spacial score (nSPS) is 18.8. The van der Waals surface area contributed by atoms with Crippen LogP contribution in [0.15, 0.2) is 54.6 Å². The van der Waals surface area contributed by atoms with Gasteiger partial charge in [-0.05, 0) is 22.8 Å². The van der Waals surface area contributed by atoms with Gasteiger partial charge in [0, 0.05) is 0 Å². The summed E-state index contributed by atoms with van der Waals surface area (Å²) in [6, 6.07) is 19.0. The Morgan fingerprint density at radius 1 is 0.867 bits per heavy atom. The standard InChI is InChI=1S/C14H12O/c1-2-5-11(6-3-1)12-7-4-8-13(9-12)14-10-15-14/h1-9,14H,10H2/t14-/m0/s1. The van der Waals surface area contributed by atoms with E-state index in [9.17, 15) is 0 Å². The maximum absolute atomic E-state index is 5.29. The first kappa shape index (κ1) is 8.69. The molecule has 3 rings (SSSR count). The first-order chi connectivity index (χ1) is 7.43. The second-order valence-electron chi connectivity index (χ2n) is 3.81. The third kappa shape index (κ3) is 1.79. The van der Waals surface area contributed by atoms with Crippen LogP contribution in [0.4, 0.5) is 0 Å². The highest BCUT2D eigenvalue weighted by Crippen LogP contribution is 2.32. The molecule has 0 aliphatic carbocycles. The van der Waals surface area contributed by atoms with Gasteiger partial charge in [0.25, 0.3) is 0 Å². The Kier molecular flexibility index (Phi) is 2.04. The summed E-state index contributed by atoms with van der Waals surface area (Å²) >= 11 is 0. The summed E-state index contributed by atoms with van der Waals surface area (Å²) in [5.41, 5.74) is 3.82. The van der Waals surface area contributed by atoms with Gasteiger partial charge in [0.2, 0.25) is 0 Å². The van der Waals surface area contributed by atoms with Crippen LogP contribution in [-0.2, 0) is 4.74 Å². The van der Waals surface area contributed by atoms with Gasteiger partial charge in [-0.3, -0.25) is 0 Å². The van der Waals surface area contributed by atoms with Crippen LogP contribution in [0.3, 0.4) is 0 Å². The van der Waals surface area contributed by atoms with Crippen LogP contribution in [0.1, 0.15) is 11.7 Å². The molecular formula is C14H12O. The predicted octanol–water partition coefficient (Wildman–Crippen LogP) is 3.42. The van der Waals surface area contributed by atoms with Gasteiger partial charge >= 0.3 is 0 Å². The number of rotatable bonds is 2. The van der Waals surface area contributed by atoms with Crippen LogP contribution in [-0.4, -0.2) is 6.61 Å². The Labute approximate surface area is 89.3 Å². The maximum Gasteiger partial charge on any atom is 0.106 e. The van der Waals surface area contributed by atoms with Crippen LogP contribution < -0.4 is 0 Å². The molecule has 2 aromatic rings. The summed E-state index contributed by atoms with van der Waals surface area (Å²) in [7, 11) is 0. The first-order valence-corrected chi connectivity index (χ1v) is 5.20. The quantitative estimate of drug-likeness (QED) is 0.670. The molecule has 1 heterocycles. The zero-order chi connectivity index (χ0) is 10.1. The summed E-state index contributed by atoms with van der Waals surface area (Å²) in [6.45, 7) is 0.873. The van der Waals surface area contributed by atoms with E-state index >= 15 is 0 Å². The van der Waals surface area contributed by atoms with Crippen LogP contribution >= 0.6 is 0 Å². The molecule has 74 valence electrons. The summed E-state index contributed by atoms with van der Waals surface area (Å²) < 4.78 is 5.29. The summed E-state index contributed by atoms with van der Waals surface area (Å²) in [5, 5.41) is 0. The van der Waals surface area contributed by atoms with Crippen LogP contribution in [0.2, 0.25) is 0 Å². The lowest BCUT2D eigenvalue weighted by Gasteiger charge is -2.03. The lowest BCUT2D eigenvalue weighted by atomic mass is 10.0. The number of hydrogen-bond acceptors (Lipinski definition) is 1. The topological polar surface area (TPSA) is 12.5 Å². The van der Waals surface area contributed by atoms with E-state index in [0.717, 1.165) is 6.61 Å². The molecule has 0 N–H and O–H groups in total. The van der Waals surface area contributed by atoms with Gasteiger partial charge in [-0.25, -0.2) is 0 Å². The summed E-state index contributed by atoms with van der Waals surface area (Å²) in [5.74, 6) is 0. The molecule has 0 radical (unpaired) electrons. The van der Waals surface area contributed by atoms with Crippen molar-refractivity contribution < 1.29 is 4.74 Å². The number of benzene rings is 2. The minimum absolute atomic E-state index is 0.341. The lowest BCUT2D eigenvalue weighted by molar-refractivity contribution is 0.415. The van der Waals surface area contributed by atoms with Crippen molar-refractivity contribution in [1.29, 1.82) is 0 Å². The van der Waals surface area contributed by atoms with Crippen molar-refractivity contribution in [3.8, 4) is 11.1 Å². The van der Waals surface area contributed by atoms with Crippen molar-refractivity contribution in [2.45, 2.75) is 6.10 Å². The Bertz CT molecular complexity index is 458. The molecule has 0 unspecified atom stereocenters. The van der Waals surface area contributed by atoms with E-state index in [-0.39, 0.29) is 0 Å². The Morgan fingerprint density at radius 3 is 2.33 bits per heavy atom.